The number of hydrogen-bond donors (Lipinski definition) is 2. The van der Waals surface area contributed by atoms with Crippen molar-refractivity contribution in [3.05, 3.63) is 23.4 Å². The van der Waals surface area contributed by atoms with Gasteiger partial charge in [0.1, 0.15) is 17.5 Å². The number of rotatable bonds is 7. The molecule has 9 heteroatoms. The van der Waals surface area contributed by atoms with Crippen molar-refractivity contribution in [3.8, 4) is 0 Å². The molecule has 2 heterocycles. The van der Waals surface area contributed by atoms with Gasteiger partial charge in [-0.1, -0.05) is 6.07 Å². The number of nitrogens with two attached hydrogens (primary N) is 1. The van der Waals surface area contributed by atoms with Crippen LogP contribution >= 0.6 is 0 Å². The van der Waals surface area contributed by atoms with Gasteiger partial charge in [0.25, 0.3) is 0 Å². The Hall–Kier alpha value is -2.68. The molecule has 1 fully saturated rings. The first kappa shape index (κ1) is 25.0. The lowest BCUT2D eigenvalue weighted by atomic mass is 9.72. The molecule has 1 atom stereocenters. The van der Waals surface area contributed by atoms with E-state index in [1.54, 1.807) is 11.8 Å². The van der Waals surface area contributed by atoms with Crippen molar-refractivity contribution in [1.29, 1.82) is 0 Å². The first-order valence-corrected chi connectivity index (χ1v) is 11.8. The monoisotopic (exact) mass is 460 g/mol. The zero-order chi connectivity index (χ0) is 24.2. The smallest absolute Gasteiger partial charge is 0.416 e. The number of amides is 2. The molecule has 1 aromatic heterocycles. The van der Waals surface area contributed by atoms with Crippen LogP contribution in [-0.4, -0.2) is 54.3 Å². The molecule has 2 aliphatic rings. The van der Waals surface area contributed by atoms with Crippen molar-refractivity contribution in [2.45, 2.75) is 71.4 Å². The molecule has 1 saturated carbocycles. The maximum absolute atomic E-state index is 12.7. The van der Waals surface area contributed by atoms with E-state index in [0.717, 1.165) is 43.4 Å². The highest BCUT2D eigenvalue weighted by Gasteiger charge is 2.35. The topological polar surface area (TPSA) is 124 Å². The SMILES string of the molecule is CCOC(=O)[C@@H](N)CNC(=O)[C@H]1C[C@H](Cc2ccc3c(n2)N(C(=O)OC(C)(C)C)CCC3)C1. The third-order valence-electron chi connectivity index (χ3n) is 5.90. The van der Waals surface area contributed by atoms with Crippen molar-refractivity contribution >= 4 is 23.8 Å². The van der Waals surface area contributed by atoms with Crippen LogP contribution in [-0.2, 0) is 31.9 Å². The summed E-state index contributed by atoms with van der Waals surface area (Å²) in [5, 5.41) is 2.75. The summed E-state index contributed by atoms with van der Waals surface area (Å²) >= 11 is 0. The number of nitrogens with zero attached hydrogens (tertiary/aromatic N) is 2. The summed E-state index contributed by atoms with van der Waals surface area (Å²) in [6.07, 6.45) is 3.68. The minimum atomic E-state index is -0.850. The van der Waals surface area contributed by atoms with Crippen LogP contribution < -0.4 is 16.0 Å². The van der Waals surface area contributed by atoms with Crippen LogP contribution in [0.4, 0.5) is 10.6 Å². The predicted octanol–water partition coefficient (Wildman–Crippen LogP) is 2.34. The normalized spacial score (nSPS) is 20.8. The average molecular weight is 461 g/mol. The molecule has 0 aromatic carbocycles. The zero-order valence-electron chi connectivity index (χ0n) is 20.1. The van der Waals surface area contributed by atoms with Crippen molar-refractivity contribution in [3.63, 3.8) is 0 Å². The summed E-state index contributed by atoms with van der Waals surface area (Å²) in [7, 11) is 0. The van der Waals surface area contributed by atoms with Crippen molar-refractivity contribution in [2.75, 3.05) is 24.6 Å². The third-order valence-corrected chi connectivity index (χ3v) is 5.90. The highest BCUT2D eigenvalue weighted by molar-refractivity contribution is 5.88. The quantitative estimate of drug-likeness (QED) is 0.599. The number of carbonyl (C=O) groups is 3. The van der Waals surface area contributed by atoms with Gasteiger partial charge in [-0.15, -0.1) is 0 Å². The number of ether oxygens (including phenoxy) is 2. The van der Waals surface area contributed by atoms with Crippen molar-refractivity contribution in [1.82, 2.24) is 10.3 Å². The van der Waals surface area contributed by atoms with Gasteiger partial charge in [-0.25, -0.2) is 9.78 Å². The molecule has 0 spiro atoms. The predicted molar refractivity (Wildman–Crippen MR) is 124 cm³/mol. The molecule has 1 aromatic rings. The molecule has 3 rings (SSSR count). The zero-order valence-corrected chi connectivity index (χ0v) is 20.1. The molecular formula is C24H36N4O5. The van der Waals surface area contributed by atoms with Crippen molar-refractivity contribution in [2.24, 2.45) is 17.6 Å². The lowest BCUT2D eigenvalue weighted by Crippen LogP contribution is -2.47. The first-order valence-electron chi connectivity index (χ1n) is 11.8. The number of anilines is 1. The van der Waals surface area contributed by atoms with E-state index in [4.69, 9.17) is 20.2 Å². The molecule has 0 bridgehead atoms. The minimum absolute atomic E-state index is 0.0751. The van der Waals surface area contributed by atoms with E-state index in [1.807, 2.05) is 32.9 Å². The second kappa shape index (κ2) is 10.5. The molecule has 0 saturated heterocycles. The second-order valence-electron chi connectivity index (χ2n) is 9.86. The number of nitrogens with one attached hydrogen (secondary N) is 1. The van der Waals surface area contributed by atoms with Gasteiger partial charge in [-0.3, -0.25) is 14.5 Å². The van der Waals surface area contributed by atoms with E-state index in [2.05, 4.69) is 5.32 Å². The van der Waals surface area contributed by atoms with Gasteiger partial charge in [-0.05, 0) is 77.3 Å². The number of hydrogen-bond acceptors (Lipinski definition) is 7. The van der Waals surface area contributed by atoms with Gasteiger partial charge in [0.05, 0.1) is 6.61 Å². The number of fused-ring (bicyclic) bond motifs is 1. The van der Waals surface area contributed by atoms with Gasteiger partial charge in [0.2, 0.25) is 5.91 Å². The van der Waals surface area contributed by atoms with Crippen LogP contribution in [0.15, 0.2) is 12.1 Å². The van der Waals surface area contributed by atoms with E-state index in [-0.39, 0.29) is 31.1 Å². The first-order chi connectivity index (χ1) is 15.6. The van der Waals surface area contributed by atoms with E-state index in [1.165, 1.54) is 0 Å². The summed E-state index contributed by atoms with van der Waals surface area (Å²) in [6.45, 7) is 8.21. The Morgan fingerprint density at radius 1 is 1.27 bits per heavy atom. The summed E-state index contributed by atoms with van der Waals surface area (Å²) in [5.74, 6) is 0.363. The molecule has 0 unspecified atom stereocenters. The molecular weight excluding hydrogens is 424 g/mol. The number of aryl methyl sites for hydroxylation is 1. The average Bonchev–Trinajstić information content (AvgIpc) is 2.72. The van der Waals surface area contributed by atoms with E-state index >= 15 is 0 Å². The Morgan fingerprint density at radius 3 is 2.67 bits per heavy atom. The number of carbonyl (C=O) groups excluding carboxylic acids is 3. The molecule has 1 aliphatic carbocycles. The van der Waals surface area contributed by atoms with Gasteiger partial charge in [0.15, 0.2) is 0 Å². The van der Waals surface area contributed by atoms with Crippen LogP contribution in [0, 0.1) is 11.8 Å². The number of aromatic nitrogens is 1. The van der Waals surface area contributed by atoms with Crippen molar-refractivity contribution < 1.29 is 23.9 Å². The summed E-state index contributed by atoms with van der Waals surface area (Å²) in [4.78, 5) is 43.0. The molecule has 3 N–H and O–H groups in total. The standard InChI is InChI=1S/C24H36N4O5/c1-5-32-22(30)19(25)14-26-21(29)17-11-15(12-17)13-18-9-8-16-7-6-10-28(20(16)27-18)23(31)33-24(2,3)4/h8-9,15,17,19H,5-7,10-14,25H2,1-4H3,(H,26,29)/t15-,17-,19-/m0/s1. The summed E-state index contributed by atoms with van der Waals surface area (Å²) in [5.41, 5.74) is 7.14. The number of esters is 1. The fourth-order valence-corrected chi connectivity index (χ4v) is 4.19. The lowest BCUT2D eigenvalue weighted by Gasteiger charge is -2.35. The third kappa shape index (κ3) is 6.66. The van der Waals surface area contributed by atoms with Crippen LogP contribution in [0.3, 0.4) is 0 Å². The van der Waals surface area contributed by atoms with E-state index < -0.39 is 17.6 Å². The Kier molecular flexibility index (Phi) is 7.94. The minimum Gasteiger partial charge on any atom is -0.465 e. The Balaban J connectivity index is 1.52. The molecule has 182 valence electrons. The maximum atomic E-state index is 12.7. The van der Waals surface area contributed by atoms with Crippen LogP contribution in [0.1, 0.15) is 58.2 Å². The Labute approximate surface area is 195 Å². The van der Waals surface area contributed by atoms with Crippen LogP contribution in [0.5, 0.6) is 0 Å². The summed E-state index contributed by atoms with van der Waals surface area (Å²) < 4.78 is 10.4. The Morgan fingerprint density at radius 2 is 2.00 bits per heavy atom. The molecule has 0 radical (unpaired) electrons. The van der Waals surface area contributed by atoms with E-state index in [0.29, 0.717) is 18.3 Å². The largest absolute Gasteiger partial charge is 0.465 e. The Bertz CT molecular complexity index is 876. The molecule has 33 heavy (non-hydrogen) atoms. The summed E-state index contributed by atoms with van der Waals surface area (Å²) in [6, 6.07) is 3.22. The van der Waals surface area contributed by atoms with Crippen LogP contribution in [0.25, 0.3) is 0 Å². The maximum Gasteiger partial charge on any atom is 0.416 e. The second-order valence-corrected chi connectivity index (χ2v) is 9.86. The van der Waals surface area contributed by atoms with Gasteiger partial charge >= 0.3 is 12.1 Å². The fourth-order valence-electron chi connectivity index (χ4n) is 4.19. The highest BCUT2D eigenvalue weighted by atomic mass is 16.6. The molecule has 9 nitrogen and oxygen atoms in total. The number of pyridine rings is 1. The fraction of sp³-hybridized carbons (Fsp3) is 0.667. The lowest BCUT2D eigenvalue weighted by molar-refractivity contribution is -0.144. The van der Waals surface area contributed by atoms with Gasteiger partial charge < -0.3 is 20.5 Å². The molecule has 1 aliphatic heterocycles. The van der Waals surface area contributed by atoms with Gasteiger partial charge in [0, 0.05) is 24.7 Å². The molecule has 2 amide bonds. The van der Waals surface area contributed by atoms with Gasteiger partial charge in [-0.2, -0.15) is 0 Å². The van der Waals surface area contributed by atoms with E-state index in [9.17, 15) is 14.4 Å². The van der Waals surface area contributed by atoms with Crippen LogP contribution in [0.2, 0.25) is 0 Å². The highest BCUT2D eigenvalue weighted by Crippen LogP contribution is 2.37.